The van der Waals surface area contributed by atoms with E-state index in [2.05, 4.69) is 5.32 Å². The molecule has 2 aromatic carbocycles. The van der Waals surface area contributed by atoms with Gasteiger partial charge in [-0.2, -0.15) is 5.26 Å². The van der Waals surface area contributed by atoms with Gasteiger partial charge < -0.3 is 15.2 Å². The second-order valence-corrected chi connectivity index (χ2v) is 8.04. The minimum atomic E-state index is -1.00. The van der Waals surface area contributed by atoms with Crippen molar-refractivity contribution in [2.24, 2.45) is 0 Å². The molecule has 31 heavy (non-hydrogen) atoms. The Morgan fingerprint density at radius 2 is 1.77 bits per heavy atom. The van der Waals surface area contributed by atoms with Crippen LogP contribution in [-0.2, 0) is 11.4 Å². The molecule has 160 valence electrons. The van der Waals surface area contributed by atoms with Crippen molar-refractivity contribution in [1.82, 2.24) is 5.32 Å². The summed E-state index contributed by atoms with van der Waals surface area (Å²) in [4.78, 5) is 23.3. The maximum Gasteiger partial charge on any atom is 0.335 e. The first-order valence-corrected chi connectivity index (χ1v) is 10.5. The zero-order valence-corrected chi connectivity index (χ0v) is 18.0. The number of nitrogens with one attached hydrogen (secondary N) is 1. The third-order valence-corrected chi connectivity index (χ3v) is 5.53. The number of aromatic carboxylic acids is 1. The predicted molar refractivity (Wildman–Crippen MR) is 118 cm³/mol. The summed E-state index contributed by atoms with van der Waals surface area (Å²) in [6.07, 6.45) is 5.44. The van der Waals surface area contributed by atoms with Crippen molar-refractivity contribution in [3.8, 4) is 11.8 Å². The molecule has 1 saturated carbocycles. The first kappa shape index (κ1) is 22.7. The van der Waals surface area contributed by atoms with E-state index in [1.54, 1.807) is 24.3 Å². The third kappa shape index (κ3) is 6.00. The first-order valence-electron chi connectivity index (χ1n) is 9.74. The van der Waals surface area contributed by atoms with E-state index in [1.165, 1.54) is 18.2 Å². The molecule has 1 aliphatic carbocycles. The maximum absolute atomic E-state index is 12.4. The lowest BCUT2D eigenvalue weighted by Crippen LogP contribution is -2.33. The Bertz CT molecular complexity index is 1030. The van der Waals surface area contributed by atoms with E-state index in [9.17, 15) is 14.9 Å². The Morgan fingerprint density at radius 3 is 2.32 bits per heavy atom. The van der Waals surface area contributed by atoms with Gasteiger partial charge in [0.1, 0.15) is 18.2 Å². The molecule has 0 atom stereocenters. The molecule has 0 aromatic heterocycles. The molecular weight excluding hydrogens is 439 g/mol. The average molecular weight is 459 g/mol. The summed E-state index contributed by atoms with van der Waals surface area (Å²) in [5.74, 6) is -1.15. The Morgan fingerprint density at radius 1 is 1.16 bits per heavy atom. The summed E-state index contributed by atoms with van der Waals surface area (Å²) in [7, 11) is 0. The number of benzene rings is 2. The number of ether oxygens (including phenoxy) is 1. The molecule has 6 nitrogen and oxygen atoms in total. The Labute approximate surface area is 190 Å². The van der Waals surface area contributed by atoms with E-state index in [-0.39, 0.29) is 39.6 Å². The van der Waals surface area contributed by atoms with Crippen molar-refractivity contribution in [2.45, 2.75) is 38.3 Å². The van der Waals surface area contributed by atoms with Gasteiger partial charge in [0.2, 0.25) is 0 Å². The topological polar surface area (TPSA) is 99.4 Å². The normalized spacial score (nSPS) is 14.2. The van der Waals surface area contributed by atoms with Crippen LogP contribution in [0.4, 0.5) is 0 Å². The van der Waals surface area contributed by atoms with Gasteiger partial charge in [0.15, 0.2) is 5.75 Å². The predicted octanol–water partition coefficient (Wildman–Crippen LogP) is 5.24. The fourth-order valence-corrected chi connectivity index (χ4v) is 3.96. The van der Waals surface area contributed by atoms with E-state index in [1.807, 2.05) is 6.07 Å². The quantitative estimate of drug-likeness (QED) is 0.436. The monoisotopic (exact) mass is 458 g/mol. The van der Waals surface area contributed by atoms with Crippen LogP contribution in [-0.4, -0.2) is 23.0 Å². The first-order chi connectivity index (χ1) is 14.9. The number of carbonyl (C=O) groups excluding carboxylic acids is 1. The maximum atomic E-state index is 12.4. The van der Waals surface area contributed by atoms with Gasteiger partial charge in [-0.3, -0.25) is 4.79 Å². The molecular formula is C23H20Cl2N2O4. The SMILES string of the molecule is N#C/C(=C/c1cc(Cl)c(OCc2ccc(C(=O)O)cc2)c(Cl)c1)C(=O)NC1CCCC1. The number of nitriles is 1. The highest BCUT2D eigenvalue weighted by Gasteiger charge is 2.19. The minimum absolute atomic E-state index is 0.0220. The fourth-order valence-electron chi connectivity index (χ4n) is 3.35. The number of carboxylic acid groups (broad SMARTS) is 1. The largest absolute Gasteiger partial charge is 0.486 e. The number of nitrogens with zero attached hydrogens (tertiary/aromatic N) is 1. The molecule has 3 rings (SSSR count). The van der Waals surface area contributed by atoms with E-state index < -0.39 is 11.9 Å². The van der Waals surface area contributed by atoms with Crippen molar-refractivity contribution in [3.63, 3.8) is 0 Å². The molecule has 0 saturated heterocycles. The Kier molecular flexibility index (Phi) is 7.56. The molecule has 0 spiro atoms. The van der Waals surface area contributed by atoms with Crippen LogP contribution in [0.5, 0.6) is 5.75 Å². The summed E-state index contributed by atoms with van der Waals surface area (Å²) in [6.45, 7) is 0.141. The smallest absolute Gasteiger partial charge is 0.335 e. The number of hydrogen-bond acceptors (Lipinski definition) is 4. The highest BCUT2D eigenvalue weighted by molar-refractivity contribution is 6.37. The Balaban J connectivity index is 1.71. The zero-order chi connectivity index (χ0) is 22.4. The summed E-state index contributed by atoms with van der Waals surface area (Å²) < 4.78 is 5.70. The summed E-state index contributed by atoms with van der Waals surface area (Å²) in [6, 6.07) is 11.4. The van der Waals surface area contributed by atoms with Gasteiger partial charge in [0.25, 0.3) is 5.91 Å². The molecule has 0 heterocycles. The molecule has 8 heteroatoms. The van der Waals surface area contributed by atoms with Crippen molar-refractivity contribution >= 4 is 41.2 Å². The molecule has 2 aromatic rings. The standard InChI is InChI=1S/C23H20Cl2N2O4/c24-19-10-15(9-17(12-26)22(28)27-18-3-1-2-4-18)11-20(25)21(19)31-13-14-5-7-16(8-6-14)23(29)30/h5-11,18H,1-4,13H2,(H,27,28)(H,29,30)/b17-9-. The van der Waals surface area contributed by atoms with Crippen LogP contribution in [0.3, 0.4) is 0 Å². The number of carboxylic acids is 1. The lowest BCUT2D eigenvalue weighted by atomic mass is 10.1. The van der Waals surface area contributed by atoms with Gasteiger partial charge in [-0.1, -0.05) is 48.2 Å². The fraction of sp³-hybridized carbons (Fsp3) is 0.261. The molecule has 0 unspecified atom stereocenters. The second kappa shape index (κ2) is 10.3. The van der Waals surface area contributed by atoms with Gasteiger partial charge in [0, 0.05) is 6.04 Å². The van der Waals surface area contributed by atoms with Gasteiger partial charge in [-0.05, 0) is 54.3 Å². The lowest BCUT2D eigenvalue weighted by Gasteiger charge is -2.12. The van der Waals surface area contributed by atoms with Crippen molar-refractivity contribution in [1.29, 1.82) is 5.26 Å². The van der Waals surface area contributed by atoms with Gasteiger partial charge in [-0.15, -0.1) is 0 Å². The molecule has 2 N–H and O–H groups in total. The lowest BCUT2D eigenvalue weighted by molar-refractivity contribution is -0.117. The van der Waals surface area contributed by atoms with E-state index >= 15 is 0 Å². The van der Waals surface area contributed by atoms with Crippen molar-refractivity contribution < 1.29 is 19.4 Å². The van der Waals surface area contributed by atoms with Crippen LogP contribution in [0.15, 0.2) is 42.0 Å². The van der Waals surface area contributed by atoms with Crippen LogP contribution in [0.1, 0.15) is 47.2 Å². The Hall–Kier alpha value is -3.01. The number of carbonyl (C=O) groups is 2. The molecule has 0 aliphatic heterocycles. The summed E-state index contributed by atoms with van der Waals surface area (Å²) in [5, 5.41) is 21.7. The molecule has 1 fully saturated rings. The molecule has 1 amide bonds. The zero-order valence-electron chi connectivity index (χ0n) is 16.5. The molecule has 0 bridgehead atoms. The van der Waals surface area contributed by atoms with Gasteiger partial charge >= 0.3 is 5.97 Å². The van der Waals surface area contributed by atoms with E-state index in [0.717, 1.165) is 31.2 Å². The summed E-state index contributed by atoms with van der Waals surface area (Å²) >= 11 is 12.6. The minimum Gasteiger partial charge on any atom is -0.486 e. The van der Waals surface area contributed by atoms with Gasteiger partial charge in [0.05, 0.1) is 15.6 Å². The number of amides is 1. The summed E-state index contributed by atoms with van der Waals surface area (Å²) in [5.41, 5.74) is 1.41. The van der Waals surface area contributed by atoms with Crippen LogP contribution in [0, 0.1) is 11.3 Å². The van der Waals surface area contributed by atoms with Crippen molar-refractivity contribution in [3.05, 3.63) is 68.7 Å². The average Bonchev–Trinajstić information content (AvgIpc) is 3.24. The number of halogens is 2. The molecule has 0 radical (unpaired) electrons. The van der Waals surface area contributed by atoms with Crippen LogP contribution in [0.2, 0.25) is 10.0 Å². The highest BCUT2D eigenvalue weighted by atomic mass is 35.5. The second-order valence-electron chi connectivity index (χ2n) is 7.23. The van der Waals surface area contributed by atoms with E-state index in [0.29, 0.717) is 5.56 Å². The van der Waals surface area contributed by atoms with Crippen LogP contribution in [0.25, 0.3) is 6.08 Å². The van der Waals surface area contributed by atoms with Gasteiger partial charge in [-0.25, -0.2) is 4.79 Å². The highest BCUT2D eigenvalue weighted by Crippen LogP contribution is 2.35. The molecule has 1 aliphatic rings. The van der Waals surface area contributed by atoms with Crippen LogP contribution >= 0.6 is 23.2 Å². The van der Waals surface area contributed by atoms with Crippen molar-refractivity contribution in [2.75, 3.05) is 0 Å². The number of hydrogen-bond donors (Lipinski definition) is 2. The number of rotatable bonds is 7. The van der Waals surface area contributed by atoms with E-state index in [4.69, 9.17) is 33.0 Å². The third-order valence-electron chi connectivity index (χ3n) is 4.97. The van der Waals surface area contributed by atoms with Crippen LogP contribution < -0.4 is 10.1 Å².